The molecule has 0 bridgehead atoms. The van der Waals surface area contributed by atoms with Crippen LogP contribution in [0.2, 0.25) is 10.0 Å². The summed E-state index contributed by atoms with van der Waals surface area (Å²) in [5.41, 5.74) is 7.38. The lowest BCUT2D eigenvalue weighted by atomic mass is 10.1. The number of benzene rings is 1. The van der Waals surface area contributed by atoms with Gasteiger partial charge in [0.05, 0.1) is 15.7 Å². The first-order chi connectivity index (χ1) is 9.63. The second-order valence-corrected chi connectivity index (χ2v) is 4.76. The lowest BCUT2D eigenvalue weighted by molar-refractivity contribution is 0.318. The molecular weight excluding hydrogens is 299 g/mol. The van der Waals surface area contributed by atoms with E-state index in [2.05, 4.69) is 15.5 Å². The molecule has 0 aliphatic heterocycles. The van der Waals surface area contributed by atoms with Crippen LogP contribution >= 0.6 is 23.2 Å². The normalized spacial score (nSPS) is 11.4. The van der Waals surface area contributed by atoms with Gasteiger partial charge in [-0.05, 0) is 18.2 Å². The van der Waals surface area contributed by atoms with Crippen LogP contribution in [-0.4, -0.2) is 16.0 Å². The molecule has 2 aromatic rings. The zero-order chi connectivity index (χ0) is 14.5. The third-order valence-corrected chi connectivity index (χ3v) is 3.29. The van der Waals surface area contributed by atoms with E-state index in [9.17, 15) is 0 Å². The number of aromatic nitrogens is 1. The van der Waals surface area contributed by atoms with Crippen LogP contribution in [0.5, 0.6) is 0 Å². The molecule has 0 saturated carbocycles. The number of amidine groups is 1. The average Bonchev–Trinajstić information content (AvgIpc) is 2.46. The second-order valence-electron chi connectivity index (χ2n) is 3.95. The molecule has 1 heterocycles. The summed E-state index contributed by atoms with van der Waals surface area (Å²) in [6, 6.07) is 8.83. The van der Waals surface area contributed by atoms with Crippen molar-refractivity contribution >= 4 is 34.7 Å². The van der Waals surface area contributed by atoms with E-state index in [0.717, 1.165) is 5.56 Å². The first-order valence-corrected chi connectivity index (χ1v) is 6.48. The van der Waals surface area contributed by atoms with E-state index >= 15 is 0 Å². The van der Waals surface area contributed by atoms with Gasteiger partial charge in [-0.1, -0.05) is 40.5 Å². The molecule has 20 heavy (non-hydrogen) atoms. The number of nitrogens with one attached hydrogen (secondary N) is 1. The molecule has 7 heteroatoms. The summed E-state index contributed by atoms with van der Waals surface area (Å²) >= 11 is 12.1. The Labute approximate surface area is 126 Å². The first kappa shape index (κ1) is 14.4. The Balaban J connectivity index is 2.24. The fourth-order valence-corrected chi connectivity index (χ4v) is 2.24. The van der Waals surface area contributed by atoms with Crippen LogP contribution < -0.4 is 11.1 Å². The van der Waals surface area contributed by atoms with E-state index in [1.807, 2.05) is 6.07 Å². The molecule has 5 nitrogen and oxygen atoms in total. The lowest BCUT2D eigenvalue weighted by Crippen LogP contribution is -2.18. The van der Waals surface area contributed by atoms with Crippen molar-refractivity contribution in [2.24, 2.45) is 10.9 Å². The molecule has 0 radical (unpaired) electrons. The number of oxime groups is 1. The summed E-state index contributed by atoms with van der Waals surface area (Å²) in [6.07, 6.45) is 1.57. The third kappa shape index (κ3) is 3.12. The highest BCUT2D eigenvalue weighted by atomic mass is 35.5. The van der Waals surface area contributed by atoms with Crippen molar-refractivity contribution in [1.29, 1.82) is 0 Å². The molecule has 0 saturated heterocycles. The van der Waals surface area contributed by atoms with Gasteiger partial charge in [0.25, 0.3) is 0 Å². The summed E-state index contributed by atoms with van der Waals surface area (Å²) in [5, 5.41) is 15.9. The van der Waals surface area contributed by atoms with E-state index in [1.165, 1.54) is 0 Å². The minimum absolute atomic E-state index is 0.0485. The fraction of sp³-hybridized carbons (Fsp3) is 0.0769. The summed E-state index contributed by atoms with van der Waals surface area (Å²) in [5.74, 6) is -0.0485. The van der Waals surface area contributed by atoms with E-state index in [0.29, 0.717) is 28.0 Å². The Bertz CT molecular complexity index is 626. The second kappa shape index (κ2) is 6.45. The molecule has 0 amide bonds. The van der Waals surface area contributed by atoms with Crippen LogP contribution in [0.25, 0.3) is 0 Å². The number of anilines is 1. The zero-order valence-electron chi connectivity index (χ0n) is 10.3. The van der Waals surface area contributed by atoms with Crippen molar-refractivity contribution < 1.29 is 5.21 Å². The van der Waals surface area contributed by atoms with Crippen molar-refractivity contribution in [2.75, 3.05) is 5.32 Å². The summed E-state index contributed by atoms with van der Waals surface area (Å²) in [7, 11) is 0. The lowest BCUT2D eigenvalue weighted by Gasteiger charge is -2.12. The number of hydrogen-bond acceptors (Lipinski definition) is 4. The quantitative estimate of drug-likeness (QED) is 0.351. The smallest absolute Gasteiger partial charge is 0.189 e. The molecule has 1 aromatic heterocycles. The van der Waals surface area contributed by atoms with Crippen molar-refractivity contribution in [1.82, 2.24) is 4.98 Å². The van der Waals surface area contributed by atoms with Gasteiger partial charge in [0, 0.05) is 18.3 Å². The van der Waals surface area contributed by atoms with Gasteiger partial charge in [0.2, 0.25) is 0 Å². The minimum Gasteiger partial charge on any atom is -0.409 e. The molecule has 0 unspecified atom stereocenters. The topological polar surface area (TPSA) is 83.5 Å². The highest BCUT2D eigenvalue weighted by Crippen LogP contribution is 2.30. The first-order valence-electron chi connectivity index (χ1n) is 5.73. The Kier molecular flexibility index (Phi) is 4.65. The minimum atomic E-state index is -0.0485. The van der Waals surface area contributed by atoms with E-state index in [4.69, 9.17) is 34.1 Å². The largest absolute Gasteiger partial charge is 0.409 e. The van der Waals surface area contributed by atoms with Crippen molar-refractivity contribution in [3.8, 4) is 0 Å². The highest BCUT2D eigenvalue weighted by molar-refractivity contribution is 6.39. The maximum absolute atomic E-state index is 8.75. The van der Waals surface area contributed by atoms with Gasteiger partial charge >= 0.3 is 0 Å². The zero-order valence-corrected chi connectivity index (χ0v) is 11.9. The standard InChI is InChI=1S/C13H12Cl2N4O/c14-9-4-1-5-10(15)12(9)18-7-8-3-2-6-17-11(8)13(16)19-20/h1-6,18,20H,7H2,(H2,16,19). The van der Waals surface area contributed by atoms with E-state index < -0.39 is 0 Å². The number of halogens is 2. The number of para-hydroxylation sites is 1. The van der Waals surface area contributed by atoms with Gasteiger partial charge in [-0.3, -0.25) is 4.98 Å². The molecule has 4 N–H and O–H groups in total. The monoisotopic (exact) mass is 310 g/mol. The molecule has 0 spiro atoms. The summed E-state index contributed by atoms with van der Waals surface area (Å²) in [4.78, 5) is 4.08. The van der Waals surface area contributed by atoms with Crippen molar-refractivity contribution in [2.45, 2.75) is 6.54 Å². The number of nitrogens with zero attached hydrogens (tertiary/aromatic N) is 2. The van der Waals surface area contributed by atoms with Gasteiger partial charge in [-0.25, -0.2) is 0 Å². The van der Waals surface area contributed by atoms with Gasteiger partial charge < -0.3 is 16.3 Å². The van der Waals surface area contributed by atoms with E-state index in [1.54, 1.807) is 30.5 Å². The number of rotatable bonds is 4. The Hall–Kier alpha value is -1.98. The van der Waals surface area contributed by atoms with Crippen LogP contribution in [0, 0.1) is 0 Å². The van der Waals surface area contributed by atoms with Gasteiger partial charge in [-0.15, -0.1) is 0 Å². The van der Waals surface area contributed by atoms with E-state index in [-0.39, 0.29) is 5.84 Å². The molecule has 0 fully saturated rings. The van der Waals surface area contributed by atoms with Crippen LogP contribution in [-0.2, 0) is 6.54 Å². The predicted molar refractivity (Wildman–Crippen MR) is 80.5 cm³/mol. The summed E-state index contributed by atoms with van der Waals surface area (Å²) < 4.78 is 0. The van der Waals surface area contributed by atoms with Gasteiger partial charge in [0.1, 0.15) is 5.69 Å². The Morgan fingerprint density at radius 3 is 2.60 bits per heavy atom. The fourth-order valence-electron chi connectivity index (χ4n) is 1.71. The molecule has 0 aliphatic carbocycles. The van der Waals surface area contributed by atoms with Crippen LogP contribution in [0.3, 0.4) is 0 Å². The molecular formula is C13H12Cl2N4O. The predicted octanol–water partition coefficient (Wildman–Crippen LogP) is 3.10. The van der Waals surface area contributed by atoms with Crippen LogP contribution in [0.1, 0.15) is 11.3 Å². The number of hydrogen-bond donors (Lipinski definition) is 3. The Morgan fingerprint density at radius 2 is 1.95 bits per heavy atom. The third-order valence-electron chi connectivity index (χ3n) is 2.66. The SMILES string of the molecule is NC(=NO)c1ncccc1CNc1c(Cl)cccc1Cl. The molecule has 0 aliphatic rings. The average molecular weight is 311 g/mol. The number of pyridine rings is 1. The van der Waals surface area contributed by atoms with Crippen molar-refractivity contribution in [3.63, 3.8) is 0 Å². The molecule has 0 atom stereocenters. The van der Waals surface area contributed by atoms with Gasteiger partial charge in [-0.2, -0.15) is 0 Å². The maximum Gasteiger partial charge on any atom is 0.189 e. The van der Waals surface area contributed by atoms with Crippen LogP contribution in [0.4, 0.5) is 5.69 Å². The van der Waals surface area contributed by atoms with Gasteiger partial charge in [0.15, 0.2) is 5.84 Å². The maximum atomic E-state index is 8.75. The molecule has 2 rings (SSSR count). The van der Waals surface area contributed by atoms with Crippen LogP contribution in [0.15, 0.2) is 41.7 Å². The molecule has 1 aromatic carbocycles. The highest BCUT2D eigenvalue weighted by Gasteiger charge is 2.10. The number of nitrogens with two attached hydrogens (primary N) is 1. The summed E-state index contributed by atoms with van der Waals surface area (Å²) in [6.45, 7) is 0.392. The molecule has 104 valence electrons. The Morgan fingerprint density at radius 1 is 1.25 bits per heavy atom. The van der Waals surface area contributed by atoms with Crippen molar-refractivity contribution in [3.05, 3.63) is 57.8 Å².